The van der Waals surface area contributed by atoms with Crippen LogP contribution in [0.2, 0.25) is 0 Å². The average molecular weight is 399 g/mol. The Morgan fingerprint density at radius 2 is 1.34 bits per heavy atom. The molecule has 0 amide bonds. The molecule has 1 aromatic rings. The number of hydrogen-bond donors (Lipinski definition) is 0. The molecule has 1 aromatic carbocycles. The Morgan fingerprint density at radius 1 is 0.793 bits per heavy atom. The second-order valence-corrected chi connectivity index (χ2v) is 9.42. The summed E-state index contributed by atoms with van der Waals surface area (Å²) in [5.74, 6) is 1.73. The highest BCUT2D eigenvalue weighted by molar-refractivity contribution is 5.81. The lowest BCUT2D eigenvalue weighted by Gasteiger charge is -2.23. The standard InChI is InChI=1S/C28H46O/c1-2-3-4-5-6-8-12-18-25(26-20-14-11-15-21-26)19-13-9-7-10-16-24-28(29)27-22-17-23-27/h11,14-15,20-21,25,27H,2-10,12-13,16-19,22-24H2,1H3. The molecule has 164 valence electrons. The van der Waals surface area contributed by atoms with Gasteiger partial charge in [-0.15, -0.1) is 0 Å². The molecule has 0 heterocycles. The predicted octanol–water partition coefficient (Wildman–Crippen LogP) is 9.01. The van der Waals surface area contributed by atoms with E-state index in [-0.39, 0.29) is 0 Å². The third-order valence-corrected chi connectivity index (χ3v) is 6.96. The van der Waals surface area contributed by atoms with Crippen LogP contribution in [0.3, 0.4) is 0 Å². The van der Waals surface area contributed by atoms with Crippen LogP contribution in [0.1, 0.15) is 134 Å². The summed E-state index contributed by atoms with van der Waals surface area (Å²) in [4.78, 5) is 12.0. The van der Waals surface area contributed by atoms with Gasteiger partial charge in [0, 0.05) is 12.3 Å². The fraction of sp³-hybridized carbons (Fsp3) is 0.750. The van der Waals surface area contributed by atoms with E-state index in [0.29, 0.717) is 11.7 Å². The molecule has 29 heavy (non-hydrogen) atoms. The highest BCUT2D eigenvalue weighted by Gasteiger charge is 2.24. The molecule has 1 heteroatoms. The lowest BCUT2D eigenvalue weighted by atomic mass is 9.80. The van der Waals surface area contributed by atoms with Crippen molar-refractivity contribution < 1.29 is 4.79 Å². The lowest BCUT2D eigenvalue weighted by molar-refractivity contribution is -0.125. The van der Waals surface area contributed by atoms with Gasteiger partial charge in [-0.25, -0.2) is 0 Å². The molecule has 1 unspecified atom stereocenters. The molecule has 0 radical (unpaired) electrons. The van der Waals surface area contributed by atoms with Crippen molar-refractivity contribution in [2.75, 3.05) is 0 Å². The van der Waals surface area contributed by atoms with Gasteiger partial charge in [0.1, 0.15) is 5.78 Å². The fourth-order valence-electron chi connectivity index (χ4n) is 4.71. The van der Waals surface area contributed by atoms with Gasteiger partial charge in [0.15, 0.2) is 0 Å². The Kier molecular flexibility index (Phi) is 13.1. The first-order chi connectivity index (χ1) is 14.3. The van der Waals surface area contributed by atoms with Gasteiger partial charge in [0.05, 0.1) is 0 Å². The molecule has 1 nitrogen and oxygen atoms in total. The summed E-state index contributed by atoms with van der Waals surface area (Å²) < 4.78 is 0. The molecule has 1 aliphatic carbocycles. The third kappa shape index (κ3) is 10.5. The average Bonchev–Trinajstić information content (AvgIpc) is 2.70. The van der Waals surface area contributed by atoms with Crippen LogP contribution in [0.15, 0.2) is 30.3 Å². The number of Topliss-reactive ketones (excluding diaryl/α,β-unsaturated/α-hetero) is 1. The van der Waals surface area contributed by atoms with Crippen LogP contribution in [-0.2, 0) is 4.79 Å². The van der Waals surface area contributed by atoms with E-state index >= 15 is 0 Å². The maximum absolute atomic E-state index is 12.0. The largest absolute Gasteiger partial charge is 0.299 e. The van der Waals surface area contributed by atoms with Gasteiger partial charge in [-0.2, -0.15) is 0 Å². The molecule has 1 fully saturated rings. The molecule has 1 saturated carbocycles. The molecule has 2 rings (SSSR count). The molecule has 0 aromatic heterocycles. The Hall–Kier alpha value is -1.11. The van der Waals surface area contributed by atoms with Crippen molar-refractivity contribution in [3.63, 3.8) is 0 Å². The van der Waals surface area contributed by atoms with Crippen LogP contribution >= 0.6 is 0 Å². The summed E-state index contributed by atoms with van der Waals surface area (Å²) >= 11 is 0. The maximum Gasteiger partial charge on any atom is 0.135 e. The minimum Gasteiger partial charge on any atom is -0.299 e. The molecular weight excluding hydrogens is 352 g/mol. The van der Waals surface area contributed by atoms with Crippen molar-refractivity contribution in [3.05, 3.63) is 35.9 Å². The summed E-state index contributed by atoms with van der Waals surface area (Å²) in [5, 5.41) is 0. The number of benzene rings is 1. The first kappa shape index (κ1) is 24.2. The molecule has 0 bridgehead atoms. The van der Waals surface area contributed by atoms with Crippen molar-refractivity contribution in [1.82, 2.24) is 0 Å². The molecule has 0 saturated heterocycles. The highest BCUT2D eigenvalue weighted by Crippen LogP contribution is 2.30. The number of carbonyl (C=O) groups is 1. The molecule has 0 spiro atoms. The normalized spacial score (nSPS) is 15.2. The smallest absolute Gasteiger partial charge is 0.135 e. The van der Waals surface area contributed by atoms with Gasteiger partial charge in [0.25, 0.3) is 0 Å². The second kappa shape index (κ2) is 15.7. The molecule has 0 aliphatic heterocycles. The maximum atomic E-state index is 12.0. The zero-order valence-electron chi connectivity index (χ0n) is 19.2. The summed E-state index contributed by atoms with van der Waals surface area (Å²) in [5.41, 5.74) is 1.55. The van der Waals surface area contributed by atoms with Gasteiger partial charge in [-0.05, 0) is 43.6 Å². The number of rotatable bonds is 18. The number of ketones is 1. The van der Waals surface area contributed by atoms with Gasteiger partial charge < -0.3 is 0 Å². The Morgan fingerprint density at radius 3 is 1.90 bits per heavy atom. The quantitative estimate of drug-likeness (QED) is 0.225. The topological polar surface area (TPSA) is 17.1 Å². The third-order valence-electron chi connectivity index (χ3n) is 6.96. The van der Waals surface area contributed by atoms with E-state index in [0.717, 1.165) is 18.8 Å². The van der Waals surface area contributed by atoms with E-state index in [1.54, 1.807) is 5.56 Å². The van der Waals surface area contributed by atoms with Gasteiger partial charge in [0.2, 0.25) is 0 Å². The monoisotopic (exact) mass is 398 g/mol. The first-order valence-corrected chi connectivity index (χ1v) is 12.9. The lowest BCUT2D eigenvalue weighted by Crippen LogP contribution is -2.21. The van der Waals surface area contributed by atoms with E-state index in [9.17, 15) is 4.79 Å². The van der Waals surface area contributed by atoms with E-state index in [2.05, 4.69) is 37.3 Å². The van der Waals surface area contributed by atoms with E-state index in [4.69, 9.17) is 0 Å². The van der Waals surface area contributed by atoms with Gasteiger partial charge in [-0.1, -0.05) is 114 Å². The number of unbranched alkanes of at least 4 members (excludes halogenated alkanes) is 10. The fourth-order valence-corrected chi connectivity index (χ4v) is 4.71. The Labute approximate surface area is 181 Å². The van der Waals surface area contributed by atoms with Gasteiger partial charge in [-0.3, -0.25) is 4.79 Å². The number of hydrogen-bond acceptors (Lipinski definition) is 1. The van der Waals surface area contributed by atoms with E-state index < -0.39 is 0 Å². The van der Waals surface area contributed by atoms with Crippen molar-refractivity contribution in [3.8, 4) is 0 Å². The Bertz CT molecular complexity index is 516. The highest BCUT2D eigenvalue weighted by atomic mass is 16.1. The van der Waals surface area contributed by atoms with Crippen LogP contribution in [0.5, 0.6) is 0 Å². The second-order valence-electron chi connectivity index (χ2n) is 9.42. The number of carbonyl (C=O) groups excluding carboxylic acids is 1. The Balaban J connectivity index is 1.56. The SMILES string of the molecule is CCCCCCCCCC(CCCCCCCC(=O)C1CCC1)c1ccccc1. The first-order valence-electron chi connectivity index (χ1n) is 12.9. The molecular formula is C28H46O. The van der Waals surface area contributed by atoms with Crippen LogP contribution in [0.25, 0.3) is 0 Å². The minimum absolute atomic E-state index is 0.438. The van der Waals surface area contributed by atoms with Crippen LogP contribution in [0.4, 0.5) is 0 Å². The van der Waals surface area contributed by atoms with Crippen LogP contribution in [0, 0.1) is 5.92 Å². The van der Waals surface area contributed by atoms with Crippen molar-refractivity contribution in [2.24, 2.45) is 5.92 Å². The summed E-state index contributed by atoms with van der Waals surface area (Å²) in [6.45, 7) is 2.29. The van der Waals surface area contributed by atoms with E-state index in [1.807, 2.05) is 0 Å². The molecule has 1 aliphatic rings. The molecule has 1 atom stereocenters. The minimum atomic E-state index is 0.438. The van der Waals surface area contributed by atoms with Crippen LogP contribution < -0.4 is 0 Å². The van der Waals surface area contributed by atoms with Crippen molar-refractivity contribution in [2.45, 2.75) is 128 Å². The predicted molar refractivity (Wildman–Crippen MR) is 126 cm³/mol. The zero-order valence-corrected chi connectivity index (χ0v) is 19.2. The van der Waals surface area contributed by atoms with E-state index in [1.165, 1.54) is 103 Å². The summed E-state index contributed by atoms with van der Waals surface area (Å²) in [6.07, 6.45) is 23.3. The van der Waals surface area contributed by atoms with Gasteiger partial charge >= 0.3 is 0 Å². The summed E-state index contributed by atoms with van der Waals surface area (Å²) in [7, 11) is 0. The zero-order chi connectivity index (χ0) is 20.6. The van der Waals surface area contributed by atoms with Crippen molar-refractivity contribution >= 4 is 5.78 Å². The van der Waals surface area contributed by atoms with Crippen LogP contribution in [-0.4, -0.2) is 5.78 Å². The van der Waals surface area contributed by atoms with Crippen molar-refractivity contribution in [1.29, 1.82) is 0 Å². The summed E-state index contributed by atoms with van der Waals surface area (Å²) in [6, 6.07) is 11.2. The molecule has 0 N–H and O–H groups in total.